The maximum atomic E-state index is 12.2. The Labute approximate surface area is 121 Å². The minimum absolute atomic E-state index is 0.0313. The van der Waals surface area contributed by atoms with Crippen LogP contribution < -0.4 is 11.1 Å². The number of halogens is 1. The van der Waals surface area contributed by atoms with Gasteiger partial charge in [-0.1, -0.05) is 24.6 Å². The number of carbonyl (C=O) groups excluding carboxylic acids is 1. The van der Waals surface area contributed by atoms with Crippen LogP contribution >= 0.6 is 22.9 Å². The van der Waals surface area contributed by atoms with Gasteiger partial charge in [0.05, 0.1) is 16.8 Å². The molecule has 100 valence electrons. The number of anilines is 1. The van der Waals surface area contributed by atoms with Gasteiger partial charge in [0.15, 0.2) is 0 Å². The van der Waals surface area contributed by atoms with Crippen LogP contribution in [0.4, 0.5) is 5.69 Å². The van der Waals surface area contributed by atoms with E-state index in [1.165, 1.54) is 0 Å². The molecule has 0 spiro atoms. The van der Waals surface area contributed by atoms with Crippen LogP contribution in [0.3, 0.4) is 0 Å². The number of rotatable bonds is 4. The number of benzene rings is 1. The first-order chi connectivity index (χ1) is 9.11. The quantitative estimate of drug-likeness (QED) is 0.841. The molecule has 0 aliphatic rings. The molecule has 1 heterocycles. The molecule has 5 heteroatoms. The lowest BCUT2D eigenvalue weighted by Crippen LogP contribution is -2.27. The molecule has 0 aliphatic heterocycles. The molecule has 0 saturated carbocycles. The minimum Gasteiger partial charge on any atom is -0.398 e. The third-order valence-electron chi connectivity index (χ3n) is 2.86. The maximum Gasteiger partial charge on any atom is 0.251 e. The van der Waals surface area contributed by atoms with Crippen LogP contribution in [0.5, 0.6) is 0 Å². The number of nitrogens with one attached hydrogen (secondary N) is 1. The predicted octanol–water partition coefficient (Wildman–Crippen LogP) is 3.86. The standard InChI is InChI=1S/C14H15ClN2OS/c1-2-12(13-4-3-7-19-13)17-14(18)9-5-6-11(16)10(15)8-9/h3-8,12H,2,16H2,1H3,(H,17,18). The minimum atomic E-state index is -0.137. The highest BCUT2D eigenvalue weighted by Gasteiger charge is 2.15. The van der Waals surface area contributed by atoms with Crippen molar-refractivity contribution in [1.82, 2.24) is 5.32 Å². The Morgan fingerprint density at radius 3 is 2.84 bits per heavy atom. The van der Waals surface area contributed by atoms with E-state index < -0.39 is 0 Å². The van der Waals surface area contributed by atoms with E-state index >= 15 is 0 Å². The number of hydrogen-bond acceptors (Lipinski definition) is 3. The van der Waals surface area contributed by atoms with E-state index in [1.807, 2.05) is 24.4 Å². The summed E-state index contributed by atoms with van der Waals surface area (Å²) in [5.41, 5.74) is 6.63. The summed E-state index contributed by atoms with van der Waals surface area (Å²) in [5, 5.41) is 5.41. The highest BCUT2D eigenvalue weighted by Crippen LogP contribution is 2.23. The monoisotopic (exact) mass is 294 g/mol. The van der Waals surface area contributed by atoms with E-state index in [1.54, 1.807) is 29.5 Å². The van der Waals surface area contributed by atoms with Crippen molar-refractivity contribution >= 4 is 34.5 Å². The smallest absolute Gasteiger partial charge is 0.251 e. The largest absolute Gasteiger partial charge is 0.398 e. The fourth-order valence-corrected chi connectivity index (χ4v) is 2.82. The van der Waals surface area contributed by atoms with Gasteiger partial charge in [0.25, 0.3) is 5.91 Å². The first kappa shape index (κ1) is 13.9. The number of nitrogens with two attached hydrogens (primary N) is 1. The van der Waals surface area contributed by atoms with Crippen molar-refractivity contribution < 1.29 is 4.79 Å². The molecule has 2 rings (SSSR count). The van der Waals surface area contributed by atoms with Crippen molar-refractivity contribution in [3.05, 3.63) is 51.2 Å². The van der Waals surface area contributed by atoms with Crippen LogP contribution in [0.15, 0.2) is 35.7 Å². The number of hydrogen-bond donors (Lipinski definition) is 2. The summed E-state index contributed by atoms with van der Waals surface area (Å²) in [5.74, 6) is -0.137. The van der Waals surface area contributed by atoms with Gasteiger partial charge < -0.3 is 11.1 Å². The van der Waals surface area contributed by atoms with Crippen LogP contribution in [-0.2, 0) is 0 Å². The number of carbonyl (C=O) groups is 1. The van der Waals surface area contributed by atoms with Crippen molar-refractivity contribution in [1.29, 1.82) is 0 Å². The third-order valence-corrected chi connectivity index (χ3v) is 4.18. The highest BCUT2D eigenvalue weighted by molar-refractivity contribution is 7.10. The normalized spacial score (nSPS) is 12.1. The fraction of sp³-hybridized carbons (Fsp3) is 0.214. The van der Waals surface area contributed by atoms with Gasteiger partial charge in [0.1, 0.15) is 0 Å². The molecule has 0 fully saturated rings. The maximum absolute atomic E-state index is 12.2. The summed E-state index contributed by atoms with van der Waals surface area (Å²) in [6, 6.07) is 8.95. The lowest BCUT2D eigenvalue weighted by Gasteiger charge is -2.15. The lowest BCUT2D eigenvalue weighted by atomic mass is 10.1. The SMILES string of the molecule is CCC(NC(=O)c1ccc(N)c(Cl)c1)c1cccs1. The molecule has 0 radical (unpaired) electrons. The highest BCUT2D eigenvalue weighted by atomic mass is 35.5. The van der Waals surface area contributed by atoms with Crippen molar-refractivity contribution in [3.63, 3.8) is 0 Å². The first-order valence-electron chi connectivity index (χ1n) is 6.01. The topological polar surface area (TPSA) is 55.1 Å². The average molecular weight is 295 g/mol. The van der Waals surface area contributed by atoms with Crippen LogP contribution in [0.1, 0.15) is 34.6 Å². The summed E-state index contributed by atoms with van der Waals surface area (Å²) >= 11 is 7.56. The van der Waals surface area contributed by atoms with E-state index in [9.17, 15) is 4.79 Å². The second kappa shape index (κ2) is 6.08. The first-order valence-corrected chi connectivity index (χ1v) is 7.27. The molecule has 1 atom stereocenters. The third kappa shape index (κ3) is 3.28. The van der Waals surface area contributed by atoms with Gasteiger partial charge in [-0.15, -0.1) is 11.3 Å². The Kier molecular flexibility index (Phi) is 4.45. The lowest BCUT2D eigenvalue weighted by molar-refractivity contribution is 0.0936. The summed E-state index contributed by atoms with van der Waals surface area (Å²) < 4.78 is 0. The van der Waals surface area contributed by atoms with E-state index in [0.717, 1.165) is 11.3 Å². The Morgan fingerprint density at radius 1 is 1.47 bits per heavy atom. The summed E-state index contributed by atoms with van der Waals surface area (Å²) in [6.45, 7) is 2.04. The Balaban J connectivity index is 2.13. The van der Waals surface area contributed by atoms with Crippen molar-refractivity contribution in [2.45, 2.75) is 19.4 Å². The van der Waals surface area contributed by atoms with Gasteiger partial charge in [0.2, 0.25) is 0 Å². The predicted molar refractivity (Wildman–Crippen MR) is 80.7 cm³/mol. The molecule has 3 N–H and O–H groups in total. The fourth-order valence-electron chi connectivity index (χ4n) is 1.77. The molecular formula is C14H15ClN2OS. The van der Waals surface area contributed by atoms with Crippen molar-refractivity contribution in [2.75, 3.05) is 5.73 Å². The van der Waals surface area contributed by atoms with Crippen LogP contribution in [0, 0.1) is 0 Å². The van der Waals surface area contributed by atoms with Gasteiger partial charge in [-0.25, -0.2) is 0 Å². The zero-order valence-corrected chi connectivity index (χ0v) is 12.1. The van der Waals surface area contributed by atoms with Crippen molar-refractivity contribution in [2.24, 2.45) is 0 Å². The van der Waals surface area contributed by atoms with Crippen LogP contribution in [-0.4, -0.2) is 5.91 Å². The molecule has 2 aromatic rings. The second-order valence-corrected chi connectivity index (χ2v) is 5.57. The summed E-state index contributed by atoms with van der Waals surface area (Å²) in [6.07, 6.45) is 0.842. The van der Waals surface area contributed by atoms with Crippen molar-refractivity contribution in [3.8, 4) is 0 Å². The molecule has 19 heavy (non-hydrogen) atoms. The van der Waals surface area contributed by atoms with Gasteiger partial charge in [-0.2, -0.15) is 0 Å². The zero-order chi connectivity index (χ0) is 13.8. The van der Waals surface area contributed by atoms with E-state index in [4.69, 9.17) is 17.3 Å². The van der Waals surface area contributed by atoms with E-state index in [0.29, 0.717) is 16.3 Å². The second-order valence-electron chi connectivity index (χ2n) is 4.19. The molecule has 0 saturated heterocycles. The van der Waals surface area contributed by atoms with E-state index in [-0.39, 0.29) is 11.9 Å². The molecule has 0 bridgehead atoms. The Bertz CT molecular complexity index is 569. The van der Waals surface area contributed by atoms with Gasteiger partial charge in [-0.05, 0) is 36.1 Å². The number of amides is 1. The Hall–Kier alpha value is -1.52. The molecule has 1 unspecified atom stereocenters. The molecule has 0 aliphatic carbocycles. The van der Waals surface area contributed by atoms with Gasteiger partial charge in [-0.3, -0.25) is 4.79 Å². The number of nitrogen functional groups attached to an aromatic ring is 1. The van der Waals surface area contributed by atoms with Crippen LogP contribution in [0.25, 0.3) is 0 Å². The Morgan fingerprint density at radius 2 is 2.26 bits per heavy atom. The zero-order valence-electron chi connectivity index (χ0n) is 10.5. The molecule has 3 nitrogen and oxygen atoms in total. The number of thiophene rings is 1. The van der Waals surface area contributed by atoms with Gasteiger partial charge in [0, 0.05) is 10.4 Å². The van der Waals surface area contributed by atoms with E-state index in [2.05, 4.69) is 5.32 Å². The molecular weight excluding hydrogens is 280 g/mol. The summed E-state index contributed by atoms with van der Waals surface area (Å²) in [4.78, 5) is 13.3. The molecule has 1 amide bonds. The average Bonchev–Trinajstić information content (AvgIpc) is 2.92. The molecule has 1 aromatic heterocycles. The van der Waals surface area contributed by atoms with Crippen LogP contribution in [0.2, 0.25) is 5.02 Å². The molecule has 1 aromatic carbocycles. The summed E-state index contributed by atoms with van der Waals surface area (Å²) in [7, 11) is 0. The van der Waals surface area contributed by atoms with Gasteiger partial charge >= 0.3 is 0 Å².